The molecule has 0 aromatic carbocycles. The van der Waals surface area contributed by atoms with E-state index in [-0.39, 0.29) is 6.61 Å². The molecule has 23 heavy (non-hydrogen) atoms. The van der Waals surface area contributed by atoms with Crippen molar-refractivity contribution in [3.63, 3.8) is 0 Å². The predicted molar refractivity (Wildman–Crippen MR) is 89.1 cm³/mol. The van der Waals surface area contributed by atoms with E-state index in [9.17, 15) is 4.79 Å². The molecule has 2 rings (SSSR count). The average molecular weight is 387 g/mol. The zero-order valence-electron chi connectivity index (χ0n) is 13.7. The van der Waals surface area contributed by atoms with Crippen molar-refractivity contribution in [1.82, 2.24) is 10.3 Å². The first-order valence-corrected chi connectivity index (χ1v) is 8.36. The number of pyridine rings is 1. The van der Waals surface area contributed by atoms with E-state index in [2.05, 4.69) is 26.2 Å². The van der Waals surface area contributed by atoms with Gasteiger partial charge in [-0.05, 0) is 42.8 Å². The zero-order valence-corrected chi connectivity index (χ0v) is 15.3. The van der Waals surface area contributed by atoms with Crippen LogP contribution in [0, 0.1) is 0 Å². The van der Waals surface area contributed by atoms with Gasteiger partial charge in [0.25, 0.3) is 0 Å². The van der Waals surface area contributed by atoms with E-state index in [1.807, 2.05) is 32.9 Å². The van der Waals surface area contributed by atoms with Crippen LogP contribution in [0.3, 0.4) is 0 Å². The molecule has 1 aromatic rings. The van der Waals surface area contributed by atoms with E-state index < -0.39 is 17.2 Å². The molecule has 1 aliphatic heterocycles. The highest BCUT2D eigenvalue weighted by molar-refractivity contribution is 9.10. The highest BCUT2D eigenvalue weighted by Crippen LogP contribution is 2.27. The van der Waals surface area contributed by atoms with Crippen LogP contribution in [-0.4, -0.2) is 49.5 Å². The lowest BCUT2D eigenvalue weighted by Gasteiger charge is -2.32. The molecule has 0 radical (unpaired) electrons. The molecule has 0 bridgehead atoms. The second-order valence-corrected chi connectivity index (χ2v) is 7.28. The lowest BCUT2D eigenvalue weighted by atomic mass is 9.96. The first kappa shape index (κ1) is 18.3. The Labute approximate surface area is 145 Å². The molecule has 1 saturated heterocycles. The molecule has 1 atom stereocenters. The number of aromatic nitrogens is 1. The summed E-state index contributed by atoms with van der Waals surface area (Å²) in [6.07, 6.45) is 1.73. The van der Waals surface area contributed by atoms with E-state index in [1.165, 1.54) is 0 Å². The van der Waals surface area contributed by atoms with Crippen LogP contribution in [0.4, 0.5) is 0 Å². The third-order valence-electron chi connectivity index (χ3n) is 3.31. The van der Waals surface area contributed by atoms with Crippen molar-refractivity contribution in [2.45, 2.75) is 32.0 Å². The number of esters is 1. The maximum Gasteiger partial charge on any atom is 0.332 e. The second-order valence-electron chi connectivity index (χ2n) is 6.47. The molecule has 0 saturated carbocycles. The maximum absolute atomic E-state index is 12.0. The Morgan fingerprint density at radius 1 is 1.48 bits per heavy atom. The Morgan fingerprint density at radius 2 is 2.26 bits per heavy atom. The SMILES string of the molecule is CC(C)(C)OC(=O)COC1(c2ccc(Br)nc2)CNCCOC1. The van der Waals surface area contributed by atoms with E-state index in [1.54, 1.807) is 6.20 Å². The van der Waals surface area contributed by atoms with Gasteiger partial charge in [0, 0.05) is 24.8 Å². The standard InChI is InChI=1S/C16H23BrN2O4/c1-15(2,3)23-14(20)9-22-16(10-18-6-7-21-11-16)12-4-5-13(17)19-8-12/h4-5,8,18H,6-7,9-11H2,1-3H3. The molecule has 6 nitrogen and oxygen atoms in total. The van der Waals surface area contributed by atoms with E-state index >= 15 is 0 Å². The molecule has 0 amide bonds. The lowest BCUT2D eigenvalue weighted by Crippen LogP contribution is -2.44. The summed E-state index contributed by atoms with van der Waals surface area (Å²) in [5.41, 5.74) is -0.440. The maximum atomic E-state index is 12.0. The fraction of sp³-hybridized carbons (Fsp3) is 0.625. The van der Waals surface area contributed by atoms with Crippen LogP contribution in [0.1, 0.15) is 26.3 Å². The number of nitrogens with one attached hydrogen (secondary N) is 1. The number of rotatable bonds is 4. The summed E-state index contributed by atoms with van der Waals surface area (Å²) in [5.74, 6) is -0.397. The van der Waals surface area contributed by atoms with Crippen LogP contribution in [0.15, 0.2) is 22.9 Å². The summed E-state index contributed by atoms with van der Waals surface area (Å²) in [6, 6.07) is 3.77. The molecule has 1 unspecified atom stereocenters. The van der Waals surface area contributed by atoms with Crippen LogP contribution < -0.4 is 5.32 Å². The molecular weight excluding hydrogens is 364 g/mol. The fourth-order valence-corrected chi connectivity index (χ4v) is 2.53. The normalized spacial score (nSPS) is 22.4. The van der Waals surface area contributed by atoms with Crippen molar-refractivity contribution in [1.29, 1.82) is 0 Å². The first-order valence-electron chi connectivity index (χ1n) is 7.57. The molecule has 128 valence electrons. The third-order valence-corrected chi connectivity index (χ3v) is 3.78. The predicted octanol–water partition coefficient (Wildman–Crippen LogP) is 2.02. The Balaban J connectivity index is 2.14. The molecule has 1 aliphatic rings. The van der Waals surface area contributed by atoms with E-state index in [0.29, 0.717) is 19.8 Å². The fourth-order valence-electron chi connectivity index (χ4n) is 2.30. The molecule has 2 heterocycles. The van der Waals surface area contributed by atoms with Gasteiger partial charge in [0.05, 0.1) is 13.2 Å². The van der Waals surface area contributed by atoms with E-state index in [4.69, 9.17) is 14.2 Å². The van der Waals surface area contributed by atoms with E-state index in [0.717, 1.165) is 16.7 Å². The Kier molecular flexibility index (Phi) is 6.13. The van der Waals surface area contributed by atoms with Gasteiger partial charge in [0.1, 0.15) is 22.4 Å². The minimum Gasteiger partial charge on any atom is -0.458 e. The van der Waals surface area contributed by atoms with Crippen molar-refractivity contribution >= 4 is 21.9 Å². The van der Waals surface area contributed by atoms with Gasteiger partial charge < -0.3 is 19.5 Å². The van der Waals surface area contributed by atoms with Gasteiger partial charge in [-0.15, -0.1) is 0 Å². The zero-order chi connectivity index (χ0) is 16.9. The van der Waals surface area contributed by atoms with Crippen molar-refractivity contribution < 1.29 is 19.0 Å². The Hall–Kier alpha value is -1.02. The minimum atomic E-state index is -0.763. The molecule has 0 aliphatic carbocycles. The number of ether oxygens (including phenoxy) is 3. The molecule has 1 N–H and O–H groups in total. The highest BCUT2D eigenvalue weighted by Gasteiger charge is 2.36. The van der Waals surface area contributed by atoms with Gasteiger partial charge in [-0.3, -0.25) is 0 Å². The summed E-state index contributed by atoms with van der Waals surface area (Å²) in [4.78, 5) is 16.2. The number of carbonyl (C=O) groups excluding carboxylic acids is 1. The summed E-state index contributed by atoms with van der Waals surface area (Å²) in [6.45, 7) is 7.58. The van der Waals surface area contributed by atoms with Crippen LogP contribution in [0.25, 0.3) is 0 Å². The Bertz CT molecular complexity index is 520. The highest BCUT2D eigenvalue weighted by atomic mass is 79.9. The minimum absolute atomic E-state index is 0.141. The van der Waals surface area contributed by atoms with Crippen LogP contribution in [0.2, 0.25) is 0 Å². The topological polar surface area (TPSA) is 69.7 Å². The van der Waals surface area contributed by atoms with Gasteiger partial charge in [-0.2, -0.15) is 0 Å². The van der Waals surface area contributed by atoms with Gasteiger partial charge >= 0.3 is 5.97 Å². The monoisotopic (exact) mass is 386 g/mol. The van der Waals surface area contributed by atoms with Gasteiger partial charge in [-0.1, -0.05) is 6.07 Å². The quantitative estimate of drug-likeness (QED) is 0.630. The molecule has 0 spiro atoms. The van der Waals surface area contributed by atoms with Gasteiger partial charge in [-0.25, -0.2) is 9.78 Å². The largest absolute Gasteiger partial charge is 0.458 e. The van der Waals surface area contributed by atoms with Crippen molar-refractivity contribution in [2.75, 3.05) is 32.9 Å². The average Bonchev–Trinajstić information content (AvgIpc) is 2.71. The molecule has 1 aromatic heterocycles. The number of nitrogens with zero attached hydrogens (tertiary/aromatic N) is 1. The third kappa shape index (κ3) is 5.53. The van der Waals surface area contributed by atoms with Crippen molar-refractivity contribution in [3.05, 3.63) is 28.5 Å². The number of hydrogen-bond donors (Lipinski definition) is 1. The number of carbonyl (C=O) groups is 1. The van der Waals surface area contributed by atoms with Crippen LogP contribution >= 0.6 is 15.9 Å². The number of hydrogen-bond acceptors (Lipinski definition) is 6. The Morgan fingerprint density at radius 3 is 2.91 bits per heavy atom. The molecular formula is C16H23BrN2O4. The smallest absolute Gasteiger partial charge is 0.332 e. The number of halogens is 1. The van der Waals surface area contributed by atoms with Crippen molar-refractivity contribution in [2.24, 2.45) is 0 Å². The van der Waals surface area contributed by atoms with Crippen LogP contribution in [-0.2, 0) is 24.6 Å². The summed E-state index contributed by atoms with van der Waals surface area (Å²) >= 11 is 3.32. The summed E-state index contributed by atoms with van der Waals surface area (Å²) < 4.78 is 17.7. The second kappa shape index (κ2) is 7.70. The lowest BCUT2D eigenvalue weighted by molar-refractivity contribution is -0.171. The molecule has 1 fully saturated rings. The summed E-state index contributed by atoms with van der Waals surface area (Å²) in [7, 11) is 0. The van der Waals surface area contributed by atoms with Crippen LogP contribution in [0.5, 0.6) is 0 Å². The summed E-state index contributed by atoms with van der Waals surface area (Å²) in [5, 5.41) is 3.28. The molecule has 7 heteroatoms. The van der Waals surface area contributed by atoms with Crippen molar-refractivity contribution in [3.8, 4) is 0 Å². The first-order chi connectivity index (χ1) is 10.8. The van der Waals surface area contributed by atoms with Gasteiger partial charge in [0.2, 0.25) is 0 Å². The van der Waals surface area contributed by atoms with Gasteiger partial charge in [0.15, 0.2) is 0 Å².